The third-order valence-corrected chi connectivity index (χ3v) is 6.46. The number of likely N-dealkylation sites (N-methyl/N-ethyl adjacent to an activating group) is 1. The molecule has 2 N–H and O–H groups in total. The Kier molecular flexibility index (Phi) is 6.75. The molecule has 1 aliphatic heterocycles. The number of para-hydroxylation sites is 2. The fourth-order valence-corrected chi connectivity index (χ4v) is 4.23. The summed E-state index contributed by atoms with van der Waals surface area (Å²) < 4.78 is 0. The molecule has 1 amide bonds. The van der Waals surface area contributed by atoms with E-state index in [-0.39, 0.29) is 11.9 Å². The largest absolute Gasteiger partial charge is 0.594 e. The number of anilines is 3. The number of amides is 1. The van der Waals surface area contributed by atoms with Gasteiger partial charge in [0.25, 0.3) is 17.4 Å². The van der Waals surface area contributed by atoms with Gasteiger partial charge in [0, 0.05) is 55.7 Å². The van der Waals surface area contributed by atoms with Gasteiger partial charge in [-0.25, -0.2) is 4.98 Å². The van der Waals surface area contributed by atoms with Crippen molar-refractivity contribution < 1.29 is 9.64 Å². The second-order valence-corrected chi connectivity index (χ2v) is 9.18. The first-order chi connectivity index (χ1) is 17.4. The molecule has 184 valence electrons. The van der Waals surface area contributed by atoms with E-state index in [9.17, 15) is 10.0 Å². The highest BCUT2D eigenvalue weighted by molar-refractivity contribution is 6.04. The second kappa shape index (κ2) is 10.3. The molecule has 5 rings (SSSR count). The molecule has 0 unspecified atom stereocenters. The van der Waals surface area contributed by atoms with Crippen molar-refractivity contribution in [3.05, 3.63) is 88.6 Å². The molecule has 1 fully saturated rings. The number of benzene rings is 3. The van der Waals surface area contributed by atoms with Gasteiger partial charge in [-0.1, -0.05) is 30.3 Å². The van der Waals surface area contributed by atoms with Crippen LogP contribution in [0.3, 0.4) is 0 Å². The zero-order valence-electron chi connectivity index (χ0n) is 20.4. The minimum atomic E-state index is -0.185. The summed E-state index contributed by atoms with van der Waals surface area (Å²) in [5.74, 6) is 0.00141. The van der Waals surface area contributed by atoms with Crippen LogP contribution in [0.15, 0.2) is 66.7 Å². The van der Waals surface area contributed by atoms with Crippen LogP contribution in [0.25, 0.3) is 11.0 Å². The van der Waals surface area contributed by atoms with Gasteiger partial charge in [0.05, 0.1) is 5.10 Å². The number of hydrogen-bond acceptors (Lipinski definition) is 7. The van der Waals surface area contributed by atoms with E-state index in [0.717, 1.165) is 38.3 Å². The van der Waals surface area contributed by atoms with Crippen molar-refractivity contribution in [2.24, 2.45) is 0 Å². The van der Waals surface area contributed by atoms with Gasteiger partial charge in [0.15, 0.2) is 0 Å². The number of fused-ring (bicyclic) bond motifs is 1. The summed E-state index contributed by atoms with van der Waals surface area (Å²) in [6.07, 6.45) is 0. The molecule has 1 aliphatic rings. The monoisotopic (exact) mass is 483 g/mol. The van der Waals surface area contributed by atoms with Crippen LogP contribution in [0.5, 0.6) is 0 Å². The maximum absolute atomic E-state index is 12.9. The van der Waals surface area contributed by atoms with E-state index in [1.54, 1.807) is 18.2 Å². The zero-order chi connectivity index (χ0) is 25.1. The first kappa shape index (κ1) is 23.7. The Hall–Kier alpha value is -4.08. The quantitative estimate of drug-likeness (QED) is 0.321. The summed E-state index contributed by atoms with van der Waals surface area (Å²) in [6.45, 7) is 7.10. The van der Waals surface area contributed by atoms with Crippen molar-refractivity contribution in [2.75, 3.05) is 43.9 Å². The molecule has 0 aliphatic carbocycles. The van der Waals surface area contributed by atoms with E-state index >= 15 is 0 Å². The van der Waals surface area contributed by atoms with Gasteiger partial charge in [0.2, 0.25) is 0 Å². The molecule has 0 radical (unpaired) electrons. The summed E-state index contributed by atoms with van der Waals surface area (Å²) in [5, 5.41) is 22.3. The van der Waals surface area contributed by atoms with Crippen LogP contribution in [-0.4, -0.2) is 59.0 Å². The molecular formula is C27H29N7O2. The van der Waals surface area contributed by atoms with Crippen LogP contribution < -0.4 is 15.5 Å². The van der Waals surface area contributed by atoms with Crippen molar-refractivity contribution >= 4 is 34.3 Å². The number of hydrogen-bond donors (Lipinski definition) is 2. The van der Waals surface area contributed by atoms with E-state index in [1.165, 1.54) is 5.56 Å². The summed E-state index contributed by atoms with van der Waals surface area (Å²) >= 11 is 0. The zero-order valence-corrected chi connectivity index (χ0v) is 20.4. The van der Waals surface area contributed by atoms with Crippen molar-refractivity contribution in [1.29, 1.82) is 0 Å². The first-order valence-electron chi connectivity index (χ1n) is 12.0. The third kappa shape index (κ3) is 5.42. The fourth-order valence-electron chi connectivity index (χ4n) is 4.23. The standard InChI is InChI=1S/C27H29N7O2/c1-19-7-12-22(17-24(19)30-27-29-23-5-3-4-6-25(23)34(36)31-27)28-26(35)21-10-8-20(9-11-21)18-33-15-13-32(2)14-16-33/h3-12,17H,13-16,18H2,1-2H3,(H,28,35)(H,29,30,31). The lowest BCUT2D eigenvalue weighted by atomic mass is 10.1. The van der Waals surface area contributed by atoms with E-state index < -0.39 is 0 Å². The summed E-state index contributed by atoms with van der Waals surface area (Å²) in [4.78, 5) is 22.6. The van der Waals surface area contributed by atoms with Crippen LogP contribution >= 0.6 is 0 Å². The lowest BCUT2D eigenvalue weighted by Gasteiger charge is -2.32. The van der Waals surface area contributed by atoms with Crippen molar-refractivity contribution in [3.8, 4) is 0 Å². The average molecular weight is 484 g/mol. The van der Waals surface area contributed by atoms with Crippen molar-refractivity contribution in [2.45, 2.75) is 13.5 Å². The Morgan fingerprint density at radius 3 is 2.56 bits per heavy atom. The first-order valence-corrected chi connectivity index (χ1v) is 12.0. The molecular weight excluding hydrogens is 454 g/mol. The highest BCUT2D eigenvalue weighted by atomic mass is 16.5. The number of carbonyl (C=O) groups excluding carboxylic acids is 1. The van der Waals surface area contributed by atoms with Crippen LogP contribution in [-0.2, 0) is 6.54 Å². The molecule has 1 saturated heterocycles. The summed E-state index contributed by atoms with van der Waals surface area (Å²) in [6, 6.07) is 20.3. The Morgan fingerprint density at radius 1 is 1.03 bits per heavy atom. The van der Waals surface area contributed by atoms with E-state index in [4.69, 9.17) is 0 Å². The van der Waals surface area contributed by atoms with Gasteiger partial charge in [0.1, 0.15) is 5.52 Å². The molecule has 9 nitrogen and oxygen atoms in total. The fraction of sp³-hybridized carbons (Fsp3) is 0.259. The van der Waals surface area contributed by atoms with Crippen LogP contribution in [0, 0.1) is 12.1 Å². The molecule has 4 aromatic rings. The maximum Gasteiger partial charge on any atom is 0.295 e. The average Bonchev–Trinajstić information content (AvgIpc) is 2.88. The number of nitrogens with one attached hydrogen (secondary N) is 2. The minimum absolute atomic E-state index is 0.185. The van der Waals surface area contributed by atoms with Gasteiger partial charge >= 0.3 is 0 Å². The van der Waals surface area contributed by atoms with Gasteiger partial charge < -0.3 is 20.7 Å². The van der Waals surface area contributed by atoms with E-state index in [0.29, 0.717) is 32.8 Å². The number of nitrogens with zero attached hydrogens (tertiary/aromatic N) is 5. The molecule has 36 heavy (non-hydrogen) atoms. The summed E-state index contributed by atoms with van der Waals surface area (Å²) in [7, 11) is 2.15. The Balaban J connectivity index is 1.26. The molecule has 0 bridgehead atoms. The predicted molar refractivity (Wildman–Crippen MR) is 140 cm³/mol. The number of carbonyl (C=O) groups is 1. The van der Waals surface area contributed by atoms with E-state index in [2.05, 4.69) is 37.6 Å². The Bertz CT molecular complexity index is 1380. The highest BCUT2D eigenvalue weighted by Gasteiger charge is 2.15. The maximum atomic E-state index is 12.9. The lowest BCUT2D eigenvalue weighted by Crippen LogP contribution is -2.43. The lowest BCUT2D eigenvalue weighted by molar-refractivity contribution is -0.641. The second-order valence-electron chi connectivity index (χ2n) is 9.18. The smallest absolute Gasteiger partial charge is 0.295 e. The SMILES string of the molecule is Cc1ccc(NC(=O)c2ccc(CN3CCN(C)CC3)cc2)cc1Nc1nc2ccccc2[n+]([O-])n1. The van der Waals surface area contributed by atoms with Gasteiger partial charge in [-0.3, -0.25) is 9.69 Å². The number of aromatic nitrogens is 3. The molecule has 0 spiro atoms. The van der Waals surface area contributed by atoms with Crippen LogP contribution in [0.4, 0.5) is 17.3 Å². The van der Waals surface area contributed by atoms with Crippen LogP contribution in [0.1, 0.15) is 21.5 Å². The molecule has 2 heterocycles. The molecule has 3 aromatic carbocycles. The van der Waals surface area contributed by atoms with Gasteiger partial charge in [-0.05, 0) is 60.3 Å². The molecule has 9 heteroatoms. The number of piperazine rings is 1. The Morgan fingerprint density at radius 2 is 1.78 bits per heavy atom. The summed E-state index contributed by atoms with van der Waals surface area (Å²) in [5.41, 5.74) is 4.99. The molecule has 1 aromatic heterocycles. The van der Waals surface area contributed by atoms with Crippen molar-refractivity contribution in [3.63, 3.8) is 0 Å². The number of aryl methyl sites for hydroxylation is 1. The predicted octanol–water partition coefficient (Wildman–Crippen LogP) is 3.31. The number of rotatable bonds is 6. The van der Waals surface area contributed by atoms with Crippen molar-refractivity contribution in [1.82, 2.24) is 19.9 Å². The highest BCUT2D eigenvalue weighted by Crippen LogP contribution is 2.24. The molecule has 0 saturated carbocycles. The van der Waals surface area contributed by atoms with E-state index in [1.807, 2.05) is 55.5 Å². The molecule has 0 atom stereocenters. The van der Waals surface area contributed by atoms with Gasteiger partial charge in [-0.2, -0.15) is 0 Å². The topological polar surface area (TPSA) is 100 Å². The van der Waals surface area contributed by atoms with Crippen LogP contribution in [0.2, 0.25) is 0 Å². The minimum Gasteiger partial charge on any atom is -0.594 e. The normalized spacial score (nSPS) is 14.6. The Labute approximate surface area is 210 Å². The third-order valence-electron chi connectivity index (χ3n) is 6.46. The van der Waals surface area contributed by atoms with Gasteiger partial charge in [-0.15, -0.1) is 0 Å².